The summed E-state index contributed by atoms with van der Waals surface area (Å²) in [6.45, 7) is 1.85. The Morgan fingerprint density at radius 1 is 1.18 bits per heavy atom. The summed E-state index contributed by atoms with van der Waals surface area (Å²) in [6.07, 6.45) is 0. The number of benzene rings is 2. The smallest absolute Gasteiger partial charge is 0.193 e. The minimum Gasteiger partial charge on any atom is -0.289 e. The highest BCUT2D eigenvalue weighted by Crippen LogP contribution is 2.16. The van der Waals surface area contributed by atoms with Crippen LogP contribution in [0.2, 0.25) is 5.02 Å². The van der Waals surface area contributed by atoms with Gasteiger partial charge >= 0.3 is 0 Å². The van der Waals surface area contributed by atoms with Gasteiger partial charge in [0.1, 0.15) is 7.85 Å². The van der Waals surface area contributed by atoms with E-state index < -0.39 is 0 Å². The highest BCUT2D eigenvalue weighted by atomic mass is 35.5. The summed E-state index contributed by atoms with van der Waals surface area (Å²) in [5, 5.41) is 0.479. The first-order valence-electron chi connectivity index (χ1n) is 5.25. The topological polar surface area (TPSA) is 17.1 Å². The van der Waals surface area contributed by atoms with Gasteiger partial charge in [-0.25, -0.2) is 0 Å². The largest absolute Gasteiger partial charge is 0.289 e. The molecule has 0 fully saturated rings. The zero-order chi connectivity index (χ0) is 12.4. The molecule has 0 saturated carbocycles. The van der Waals surface area contributed by atoms with Crippen molar-refractivity contribution in [2.24, 2.45) is 0 Å². The van der Waals surface area contributed by atoms with Crippen LogP contribution in [0.15, 0.2) is 42.5 Å². The van der Waals surface area contributed by atoms with Crippen molar-refractivity contribution in [1.29, 1.82) is 0 Å². The summed E-state index contributed by atoms with van der Waals surface area (Å²) in [4.78, 5) is 12.2. The number of hydrogen-bond donors (Lipinski definition) is 0. The van der Waals surface area contributed by atoms with Crippen LogP contribution in [0.3, 0.4) is 0 Å². The first-order chi connectivity index (χ1) is 8.09. The monoisotopic (exact) mass is 240 g/mol. The van der Waals surface area contributed by atoms with Crippen molar-refractivity contribution in [3.05, 3.63) is 64.2 Å². The number of carbonyl (C=O) groups excluding carboxylic acids is 1. The van der Waals surface area contributed by atoms with Gasteiger partial charge < -0.3 is 0 Å². The van der Waals surface area contributed by atoms with Gasteiger partial charge in [0.25, 0.3) is 0 Å². The van der Waals surface area contributed by atoms with Crippen molar-refractivity contribution in [2.75, 3.05) is 0 Å². The predicted molar refractivity (Wildman–Crippen MR) is 71.5 cm³/mol. The molecule has 0 bridgehead atoms. The van der Waals surface area contributed by atoms with Gasteiger partial charge in [-0.1, -0.05) is 53.5 Å². The van der Waals surface area contributed by atoms with Crippen molar-refractivity contribution in [1.82, 2.24) is 0 Å². The minimum absolute atomic E-state index is 0.0357. The fraction of sp³-hybridized carbons (Fsp3) is 0.0714. The normalized spacial score (nSPS) is 10.2. The van der Waals surface area contributed by atoms with E-state index >= 15 is 0 Å². The van der Waals surface area contributed by atoms with Gasteiger partial charge in [-0.2, -0.15) is 0 Å². The molecule has 2 aromatic carbocycles. The van der Waals surface area contributed by atoms with Crippen LogP contribution < -0.4 is 5.46 Å². The SMILES string of the molecule is [B]c1cc(C(=O)c2ccccc2)c(C)cc1Cl. The second kappa shape index (κ2) is 4.76. The van der Waals surface area contributed by atoms with E-state index in [4.69, 9.17) is 19.4 Å². The highest BCUT2D eigenvalue weighted by Gasteiger charge is 2.12. The van der Waals surface area contributed by atoms with Crippen LogP contribution in [0, 0.1) is 6.92 Å². The summed E-state index contributed by atoms with van der Waals surface area (Å²) in [7, 11) is 5.72. The molecule has 0 saturated heterocycles. The lowest BCUT2D eigenvalue weighted by Gasteiger charge is -2.08. The molecular weight excluding hydrogens is 230 g/mol. The number of carbonyl (C=O) groups is 1. The third-order valence-electron chi connectivity index (χ3n) is 2.62. The molecule has 2 radical (unpaired) electrons. The molecule has 0 aliphatic rings. The third-order valence-corrected chi connectivity index (χ3v) is 2.95. The Hall–Kier alpha value is -1.54. The molecule has 0 aromatic heterocycles. The van der Waals surface area contributed by atoms with Gasteiger partial charge in [-0.05, 0) is 18.6 Å². The molecule has 3 heteroatoms. The van der Waals surface area contributed by atoms with Crippen molar-refractivity contribution in [2.45, 2.75) is 6.92 Å². The van der Waals surface area contributed by atoms with Crippen molar-refractivity contribution < 1.29 is 4.79 Å². The Morgan fingerprint density at radius 2 is 1.82 bits per heavy atom. The number of hydrogen-bond acceptors (Lipinski definition) is 1. The quantitative estimate of drug-likeness (QED) is 0.583. The first kappa shape index (κ1) is 11.9. The standard InChI is InChI=1S/C14H10BClO/c1-9-7-13(16)12(15)8-11(9)14(17)10-5-3-2-4-6-10/h2-8H,1H3. The maximum Gasteiger partial charge on any atom is 0.193 e. The lowest BCUT2D eigenvalue weighted by Crippen LogP contribution is -2.11. The maximum absolute atomic E-state index is 12.2. The molecule has 2 rings (SSSR count). The molecule has 0 aliphatic carbocycles. The minimum atomic E-state index is -0.0357. The zero-order valence-corrected chi connectivity index (χ0v) is 10.2. The third kappa shape index (κ3) is 2.42. The van der Waals surface area contributed by atoms with Gasteiger partial charge in [0.2, 0.25) is 0 Å². The molecule has 2 aromatic rings. The second-order valence-electron chi connectivity index (χ2n) is 3.88. The Kier molecular flexibility index (Phi) is 3.34. The van der Waals surface area contributed by atoms with Crippen LogP contribution in [-0.2, 0) is 0 Å². The molecule has 0 spiro atoms. The van der Waals surface area contributed by atoms with E-state index in [1.807, 2.05) is 25.1 Å². The molecule has 0 amide bonds. The predicted octanol–water partition coefficient (Wildman–Crippen LogP) is 2.67. The lowest BCUT2D eigenvalue weighted by molar-refractivity contribution is 0.103. The van der Waals surface area contributed by atoms with Crippen LogP contribution in [0.25, 0.3) is 0 Å². The van der Waals surface area contributed by atoms with E-state index in [1.54, 1.807) is 24.3 Å². The average molecular weight is 240 g/mol. The highest BCUT2D eigenvalue weighted by molar-refractivity contribution is 6.45. The van der Waals surface area contributed by atoms with Crippen molar-refractivity contribution in [3.8, 4) is 0 Å². The van der Waals surface area contributed by atoms with Gasteiger partial charge in [-0.3, -0.25) is 4.79 Å². The molecular formula is C14H10BClO. The molecule has 17 heavy (non-hydrogen) atoms. The molecule has 0 unspecified atom stereocenters. The average Bonchev–Trinajstić information content (AvgIpc) is 2.34. The number of halogens is 1. The van der Waals surface area contributed by atoms with Gasteiger partial charge in [0.05, 0.1) is 0 Å². The Bertz CT molecular complexity index is 564. The summed E-state index contributed by atoms with van der Waals surface area (Å²) < 4.78 is 0. The molecule has 0 atom stereocenters. The second-order valence-corrected chi connectivity index (χ2v) is 4.29. The van der Waals surface area contributed by atoms with E-state index in [1.165, 1.54) is 0 Å². The van der Waals surface area contributed by atoms with E-state index in [9.17, 15) is 4.79 Å². The Balaban J connectivity index is 2.48. The molecule has 82 valence electrons. The number of aryl methyl sites for hydroxylation is 1. The number of rotatable bonds is 2. The zero-order valence-electron chi connectivity index (χ0n) is 9.41. The van der Waals surface area contributed by atoms with E-state index in [2.05, 4.69) is 0 Å². The van der Waals surface area contributed by atoms with E-state index in [0.717, 1.165) is 5.56 Å². The van der Waals surface area contributed by atoms with Crippen LogP contribution in [0.4, 0.5) is 0 Å². The van der Waals surface area contributed by atoms with Crippen molar-refractivity contribution >= 4 is 30.7 Å². The molecule has 1 nitrogen and oxygen atoms in total. The van der Waals surface area contributed by atoms with E-state index in [0.29, 0.717) is 21.6 Å². The van der Waals surface area contributed by atoms with Crippen LogP contribution in [0.1, 0.15) is 21.5 Å². The van der Waals surface area contributed by atoms with Crippen LogP contribution in [0.5, 0.6) is 0 Å². The van der Waals surface area contributed by atoms with Crippen LogP contribution >= 0.6 is 11.6 Å². The Labute approximate surface area is 107 Å². The maximum atomic E-state index is 12.2. The number of ketones is 1. The van der Waals surface area contributed by atoms with Gasteiger partial charge in [-0.15, -0.1) is 0 Å². The molecule has 0 aliphatic heterocycles. The van der Waals surface area contributed by atoms with Gasteiger partial charge in [0.15, 0.2) is 5.78 Å². The van der Waals surface area contributed by atoms with Crippen molar-refractivity contribution in [3.63, 3.8) is 0 Å². The summed E-state index contributed by atoms with van der Waals surface area (Å²) >= 11 is 5.90. The molecule has 0 N–H and O–H groups in total. The first-order valence-corrected chi connectivity index (χ1v) is 5.63. The summed E-state index contributed by atoms with van der Waals surface area (Å²) in [5.41, 5.74) is 2.50. The van der Waals surface area contributed by atoms with E-state index in [-0.39, 0.29) is 5.78 Å². The Morgan fingerprint density at radius 3 is 2.47 bits per heavy atom. The van der Waals surface area contributed by atoms with Gasteiger partial charge in [0, 0.05) is 16.1 Å². The van der Waals surface area contributed by atoms with Crippen LogP contribution in [-0.4, -0.2) is 13.6 Å². The molecule has 0 heterocycles. The lowest BCUT2D eigenvalue weighted by atomic mass is 9.89. The summed E-state index contributed by atoms with van der Waals surface area (Å²) in [5.74, 6) is -0.0357. The fourth-order valence-corrected chi connectivity index (χ4v) is 1.90. The fourth-order valence-electron chi connectivity index (χ4n) is 1.68. The summed E-state index contributed by atoms with van der Waals surface area (Å²) in [6, 6.07) is 12.5.